The Labute approximate surface area is 122 Å². The highest BCUT2D eigenvalue weighted by atomic mass is 16.4. The second-order valence-corrected chi connectivity index (χ2v) is 5.25. The minimum Gasteiger partial charge on any atom is -0.481 e. The monoisotopic (exact) mass is 277 g/mol. The van der Waals surface area contributed by atoms with Gasteiger partial charge in [0.15, 0.2) is 0 Å². The lowest BCUT2D eigenvalue weighted by Gasteiger charge is -2.24. The van der Waals surface area contributed by atoms with Crippen LogP contribution in [0.15, 0.2) is 24.3 Å². The zero-order valence-electron chi connectivity index (χ0n) is 12.8. The third-order valence-electron chi connectivity index (χ3n) is 3.43. The summed E-state index contributed by atoms with van der Waals surface area (Å²) < 4.78 is 0. The van der Waals surface area contributed by atoms with Gasteiger partial charge in [-0.1, -0.05) is 32.4 Å². The number of rotatable bonds is 10. The van der Waals surface area contributed by atoms with Gasteiger partial charge in [-0.2, -0.15) is 0 Å². The van der Waals surface area contributed by atoms with Crippen molar-refractivity contribution in [2.45, 2.75) is 52.4 Å². The summed E-state index contributed by atoms with van der Waals surface area (Å²) in [4.78, 5) is 12.9. The highest BCUT2D eigenvalue weighted by Crippen LogP contribution is 2.17. The van der Waals surface area contributed by atoms with E-state index in [-0.39, 0.29) is 6.42 Å². The number of hydrogen-bond donors (Lipinski definition) is 1. The summed E-state index contributed by atoms with van der Waals surface area (Å²) in [6, 6.07) is 8.73. The number of nitrogens with zero attached hydrogens (tertiary/aromatic N) is 1. The van der Waals surface area contributed by atoms with Crippen molar-refractivity contribution < 1.29 is 9.90 Å². The normalized spacial score (nSPS) is 10.5. The standard InChI is InChI=1S/C17H27NO2/c1-3-5-7-15-9-11-16(12-10-15)18(13-4-2)14-6-8-17(19)20/h9-12H,3-8,13-14H2,1-2H3,(H,19,20). The lowest BCUT2D eigenvalue weighted by atomic mass is 10.1. The lowest BCUT2D eigenvalue weighted by Crippen LogP contribution is -2.25. The average molecular weight is 277 g/mol. The molecule has 3 nitrogen and oxygen atoms in total. The van der Waals surface area contributed by atoms with Crippen LogP contribution in [0.1, 0.15) is 51.5 Å². The highest BCUT2D eigenvalue weighted by molar-refractivity contribution is 5.66. The van der Waals surface area contributed by atoms with Gasteiger partial charge in [-0.05, 0) is 43.4 Å². The maximum atomic E-state index is 10.6. The minimum atomic E-state index is -0.712. The van der Waals surface area contributed by atoms with E-state index in [1.54, 1.807) is 0 Å². The molecular formula is C17H27NO2. The van der Waals surface area contributed by atoms with E-state index in [4.69, 9.17) is 5.11 Å². The number of aryl methyl sites for hydroxylation is 1. The van der Waals surface area contributed by atoms with Crippen molar-refractivity contribution in [3.05, 3.63) is 29.8 Å². The molecule has 0 spiro atoms. The number of unbranched alkanes of at least 4 members (excludes halogenated alkanes) is 1. The third kappa shape index (κ3) is 6.09. The summed E-state index contributed by atoms with van der Waals surface area (Å²) >= 11 is 0. The van der Waals surface area contributed by atoms with Crippen LogP contribution < -0.4 is 4.90 Å². The molecule has 3 heteroatoms. The molecule has 1 aromatic carbocycles. The second-order valence-electron chi connectivity index (χ2n) is 5.25. The first-order valence-corrected chi connectivity index (χ1v) is 7.73. The Kier molecular flexibility index (Phi) is 7.78. The molecule has 0 saturated heterocycles. The summed E-state index contributed by atoms with van der Waals surface area (Å²) in [6.45, 7) is 6.15. The summed E-state index contributed by atoms with van der Waals surface area (Å²) in [7, 11) is 0. The zero-order valence-corrected chi connectivity index (χ0v) is 12.8. The Morgan fingerprint density at radius 3 is 2.30 bits per heavy atom. The Hall–Kier alpha value is -1.51. The number of carboxylic acids is 1. The number of benzene rings is 1. The minimum absolute atomic E-state index is 0.245. The molecule has 1 rings (SSSR count). The quantitative estimate of drug-likeness (QED) is 0.699. The van der Waals surface area contributed by atoms with Crippen LogP contribution >= 0.6 is 0 Å². The van der Waals surface area contributed by atoms with Crippen molar-refractivity contribution >= 4 is 11.7 Å². The predicted octanol–water partition coefficient (Wildman–Crippen LogP) is 4.11. The smallest absolute Gasteiger partial charge is 0.303 e. The van der Waals surface area contributed by atoms with Crippen molar-refractivity contribution in [1.82, 2.24) is 0 Å². The molecule has 0 unspecified atom stereocenters. The molecule has 0 aliphatic carbocycles. The fraction of sp³-hybridized carbons (Fsp3) is 0.588. The molecule has 0 aliphatic rings. The third-order valence-corrected chi connectivity index (χ3v) is 3.43. The van der Waals surface area contributed by atoms with Gasteiger partial charge in [0.1, 0.15) is 0 Å². The molecule has 1 N–H and O–H groups in total. The van der Waals surface area contributed by atoms with E-state index in [1.807, 2.05) is 0 Å². The van der Waals surface area contributed by atoms with Crippen molar-refractivity contribution in [2.24, 2.45) is 0 Å². The summed E-state index contributed by atoms with van der Waals surface area (Å²) in [5, 5.41) is 8.73. The van der Waals surface area contributed by atoms with Gasteiger partial charge in [-0.25, -0.2) is 0 Å². The average Bonchev–Trinajstić information content (AvgIpc) is 2.44. The number of aliphatic carboxylic acids is 1. The number of carbonyl (C=O) groups is 1. The molecule has 0 fully saturated rings. The van der Waals surface area contributed by atoms with Crippen LogP contribution in [-0.2, 0) is 11.2 Å². The van der Waals surface area contributed by atoms with Gasteiger partial charge >= 0.3 is 5.97 Å². The van der Waals surface area contributed by atoms with Crippen LogP contribution in [0.5, 0.6) is 0 Å². The predicted molar refractivity (Wildman–Crippen MR) is 84.4 cm³/mol. The zero-order chi connectivity index (χ0) is 14.8. The Bertz CT molecular complexity index is 386. The van der Waals surface area contributed by atoms with E-state index in [1.165, 1.54) is 24.1 Å². The van der Waals surface area contributed by atoms with Gasteiger partial charge in [0.05, 0.1) is 0 Å². The van der Waals surface area contributed by atoms with Gasteiger partial charge in [-0.3, -0.25) is 4.79 Å². The van der Waals surface area contributed by atoms with Crippen molar-refractivity contribution in [1.29, 1.82) is 0 Å². The molecular weight excluding hydrogens is 250 g/mol. The fourth-order valence-corrected chi connectivity index (χ4v) is 2.32. The molecule has 0 aliphatic heterocycles. The summed E-state index contributed by atoms with van der Waals surface area (Å²) in [6.07, 6.45) is 5.62. The molecule has 0 heterocycles. The van der Waals surface area contributed by atoms with Crippen LogP contribution in [0.25, 0.3) is 0 Å². The molecule has 0 atom stereocenters. The van der Waals surface area contributed by atoms with E-state index in [0.717, 1.165) is 25.9 Å². The van der Waals surface area contributed by atoms with E-state index in [2.05, 4.69) is 43.0 Å². The Morgan fingerprint density at radius 2 is 1.75 bits per heavy atom. The number of anilines is 1. The van der Waals surface area contributed by atoms with Crippen molar-refractivity contribution in [3.8, 4) is 0 Å². The maximum absolute atomic E-state index is 10.6. The van der Waals surface area contributed by atoms with E-state index >= 15 is 0 Å². The van der Waals surface area contributed by atoms with Crippen molar-refractivity contribution in [2.75, 3.05) is 18.0 Å². The maximum Gasteiger partial charge on any atom is 0.303 e. The van der Waals surface area contributed by atoms with Gasteiger partial charge in [0, 0.05) is 25.2 Å². The van der Waals surface area contributed by atoms with Gasteiger partial charge < -0.3 is 10.0 Å². The first kappa shape index (κ1) is 16.5. The Balaban J connectivity index is 2.58. The molecule has 0 aromatic heterocycles. The van der Waals surface area contributed by atoms with Crippen LogP contribution in [0.4, 0.5) is 5.69 Å². The molecule has 1 aromatic rings. The lowest BCUT2D eigenvalue weighted by molar-refractivity contribution is -0.137. The molecule has 0 saturated carbocycles. The largest absolute Gasteiger partial charge is 0.481 e. The van der Waals surface area contributed by atoms with Crippen LogP contribution in [0, 0.1) is 0 Å². The number of carboxylic acid groups (broad SMARTS) is 1. The molecule has 0 bridgehead atoms. The number of hydrogen-bond acceptors (Lipinski definition) is 2. The van der Waals surface area contributed by atoms with E-state index < -0.39 is 5.97 Å². The van der Waals surface area contributed by atoms with Crippen LogP contribution in [0.2, 0.25) is 0 Å². The Morgan fingerprint density at radius 1 is 1.05 bits per heavy atom. The van der Waals surface area contributed by atoms with Crippen LogP contribution in [0.3, 0.4) is 0 Å². The fourth-order valence-electron chi connectivity index (χ4n) is 2.32. The van der Waals surface area contributed by atoms with Crippen LogP contribution in [-0.4, -0.2) is 24.2 Å². The van der Waals surface area contributed by atoms with E-state index in [0.29, 0.717) is 6.42 Å². The summed E-state index contributed by atoms with van der Waals surface area (Å²) in [5.74, 6) is -0.712. The molecule has 20 heavy (non-hydrogen) atoms. The molecule has 0 radical (unpaired) electrons. The van der Waals surface area contributed by atoms with Gasteiger partial charge in [0.25, 0.3) is 0 Å². The SMILES string of the molecule is CCCCc1ccc(N(CCC)CCCC(=O)O)cc1. The highest BCUT2D eigenvalue weighted by Gasteiger charge is 2.06. The molecule has 112 valence electrons. The topological polar surface area (TPSA) is 40.5 Å². The van der Waals surface area contributed by atoms with Crippen molar-refractivity contribution in [3.63, 3.8) is 0 Å². The van der Waals surface area contributed by atoms with Gasteiger partial charge in [0.2, 0.25) is 0 Å². The first-order chi connectivity index (χ1) is 9.67. The van der Waals surface area contributed by atoms with Gasteiger partial charge in [-0.15, -0.1) is 0 Å². The first-order valence-electron chi connectivity index (χ1n) is 7.73. The van der Waals surface area contributed by atoms with E-state index in [9.17, 15) is 4.79 Å². The molecule has 0 amide bonds. The second kappa shape index (κ2) is 9.40. The summed E-state index contributed by atoms with van der Waals surface area (Å²) in [5.41, 5.74) is 2.59.